The highest BCUT2D eigenvalue weighted by atomic mass is 19.4. The number of nitrogens with zero attached hydrogens (tertiary/aromatic N) is 1. The standard InChI is InChI=1S/C16H22F3N3O2/c1-3-23-9-8-21-15(20-2)22-13-10-12(13)11-6-4-5-7-14(11)24-16(17,18)19/h4-7,12-13H,3,8-10H2,1-2H3,(H2,20,21,22). The van der Waals surface area contributed by atoms with Crippen LogP contribution in [0.15, 0.2) is 29.3 Å². The highest BCUT2D eigenvalue weighted by Crippen LogP contribution is 2.45. The molecule has 134 valence electrons. The van der Waals surface area contributed by atoms with Crippen LogP contribution in [-0.4, -0.2) is 45.2 Å². The molecule has 24 heavy (non-hydrogen) atoms. The fraction of sp³-hybridized carbons (Fsp3) is 0.562. The Labute approximate surface area is 139 Å². The topological polar surface area (TPSA) is 54.9 Å². The number of para-hydroxylation sites is 1. The molecule has 0 aliphatic heterocycles. The number of guanidine groups is 1. The molecule has 0 saturated heterocycles. The van der Waals surface area contributed by atoms with E-state index in [4.69, 9.17) is 4.74 Å². The average Bonchev–Trinajstić information content (AvgIpc) is 3.28. The number of ether oxygens (including phenoxy) is 2. The molecule has 8 heteroatoms. The molecule has 0 amide bonds. The quantitative estimate of drug-likeness (QED) is 0.453. The molecule has 2 atom stereocenters. The molecule has 5 nitrogen and oxygen atoms in total. The first-order valence-corrected chi connectivity index (χ1v) is 7.84. The van der Waals surface area contributed by atoms with Crippen molar-refractivity contribution in [1.82, 2.24) is 10.6 Å². The van der Waals surface area contributed by atoms with Crippen molar-refractivity contribution in [3.05, 3.63) is 29.8 Å². The van der Waals surface area contributed by atoms with Crippen molar-refractivity contribution in [2.24, 2.45) is 4.99 Å². The SMILES string of the molecule is CCOCCNC(=NC)NC1CC1c1ccccc1OC(F)(F)F. The molecule has 1 fully saturated rings. The van der Waals surface area contributed by atoms with E-state index < -0.39 is 6.36 Å². The highest BCUT2D eigenvalue weighted by molar-refractivity contribution is 5.80. The zero-order valence-electron chi connectivity index (χ0n) is 13.7. The van der Waals surface area contributed by atoms with Crippen LogP contribution >= 0.6 is 0 Å². The van der Waals surface area contributed by atoms with Crippen molar-refractivity contribution < 1.29 is 22.6 Å². The van der Waals surface area contributed by atoms with Crippen LogP contribution in [0.25, 0.3) is 0 Å². The fourth-order valence-corrected chi connectivity index (χ4v) is 2.46. The second-order valence-electron chi connectivity index (χ2n) is 5.37. The Morgan fingerprint density at radius 1 is 1.33 bits per heavy atom. The van der Waals surface area contributed by atoms with Gasteiger partial charge in [0.05, 0.1) is 6.61 Å². The van der Waals surface area contributed by atoms with E-state index in [9.17, 15) is 13.2 Å². The predicted octanol–water partition coefficient (Wildman–Crippen LogP) is 2.64. The molecule has 1 aromatic carbocycles. The fourth-order valence-electron chi connectivity index (χ4n) is 2.46. The number of hydrogen-bond acceptors (Lipinski definition) is 3. The molecule has 2 unspecified atom stereocenters. The van der Waals surface area contributed by atoms with Gasteiger partial charge in [0.25, 0.3) is 0 Å². The van der Waals surface area contributed by atoms with E-state index in [2.05, 4.69) is 20.4 Å². The van der Waals surface area contributed by atoms with E-state index in [1.54, 1.807) is 19.2 Å². The summed E-state index contributed by atoms with van der Waals surface area (Å²) >= 11 is 0. The molecule has 1 aliphatic rings. The maximum Gasteiger partial charge on any atom is 0.573 e. The van der Waals surface area contributed by atoms with Crippen molar-refractivity contribution >= 4 is 5.96 Å². The van der Waals surface area contributed by atoms with E-state index in [1.807, 2.05) is 6.92 Å². The number of benzene rings is 1. The van der Waals surface area contributed by atoms with Gasteiger partial charge in [0.1, 0.15) is 5.75 Å². The van der Waals surface area contributed by atoms with E-state index >= 15 is 0 Å². The molecule has 0 aromatic heterocycles. The smallest absolute Gasteiger partial charge is 0.405 e. The summed E-state index contributed by atoms with van der Waals surface area (Å²) in [4.78, 5) is 4.10. The van der Waals surface area contributed by atoms with Crippen molar-refractivity contribution in [3.63, 3.8) is 0 Å². The summed E-state index contributed by atoms with van der Waals surface area (Å²) in [5.41, 5.74) is 0.553. The van der Waals surface area contributed by atoms with Gasteiger partial charge >= 0.3 is 6.36 Å². The summed E-state index contributed by atoms with van der Waals surface area (Å²) in [6, 6.07) is 6.28. The number of aliphatic imine (C=N–C) groups is 1. The largest absolute Gasteiger partial charge is 0.573 e. The van der Waals surface area contributed by atoms with E-state index in [0.717, 1.165) is 6.42 Å². The van der Waals surface area contributed by atoms with Gasteiger partial charge in [-0.2, -0.15) is 0 Å². The first-order chi connectivity index (χ1) is 11.4. The third kappa shape index (κ3) is 5.59. The van der Waals surface area contributed by atoms with Gasteiger partial charge in [0.15, 0.2) is 5.96 Å². The Hall–Kier alpha value is -1.96. The van der Waals surface area contributed by atoms with Gasteiger partial charge in [-0.3, -0.25) is 4.99 Å². The lowest BCUT2D eigenvalue weighted by molar-refractivity contribution is -0.274. The molecule has 0 heterocycles. The minimum atomic E-state index is -4.69. The summed E-state index contributed by atoms with van der Waals surface area (Å²) in [7, 11) is 1.65. The van der Waals surface area contributed by atoms with Crippen molar-refractivity contribution in [1.29, 1.82) is 0 Å². The van der Waals surface area contributed by atoms with Crippen LogP contribution in [0.3, 0.4) is 0 Å². The predicted molar refractivity (Wildman–Crippen MR) is 85.3 cm³/mol. The number of halogens is 3. The van der Waals surface area contributed by atoms with Gasteiger partial charge in [-0.25, -0.2) is 0 Å². The molecule has 1 aromatic rings. The Balaban J connectivity index is 1.90. The van der Waals surface area contributed by atoms with E-state index in [0.29, 0.717) is 31.3 Å². The molecule has 2 N–H and O–H groups in total. The van der Waals surface area contributed by atoms with E-state index in [1.165, 1.54) is 12.1 Å². The minimum absolute atomic E-state index is 0.0290. The van der Waals surface area contributed by atoms with E-state index in [-0.39, 0.29) is 17.7 Å². The first-order valence-electron chi connectivity index (χ1n) is 7.84. The Morgan fingerprint density at radius 3 is 2.75 bits per heavy atom. The molecule has 2 rings (SSSR count). The molecular formula is C16H22F3N3O2. The van der Waals surface area contributed by atoms with Gasteiger partial charge in [-0.15, -0.1) is 13.2 Å². The Kier molecular flexibility index (Phi) is 6.30. The summed E-state index contributed by atoms with van der Waals surface area (Å²) in [5, 5.41) is 6.31. The lowest BCUT2D eigenvalue weighted by Crippen LogP contribution is -2.40. The molecule has 0 spiro atoms. The van der Waals surface area contributed by atoms with Gasteiger partial charge in [0, 0.05) is 32.2 Å². The number of rotatable bonds is 7. The monoisotopic (exact) mass is 345 g/mol. The summed E-state index contributed by atoms with van der Waals surface area (Å²) < 4.78 is 46.8. The normalized spacial score (nSPS) is 20.6. The summed E-state index contributed by atoms with van der Waals surface area (Å²) in [5.74, 6) is 0.434. The van der Waals surface area contributed by atoms with Crippen LogP contribution in [0.4, 0.5) is 13.2 Å². The van der Waals surface area contributed by atoms with Crippen LogP contribution < -0.4 is 15.4 Å². The van der Waals surface area contributed by atoms with Gasteiger partial charge < -0.3 is 20.1 Å². The van der Waals surface area contributed by atoms with Crippen molar-refractivity contribution in [2.45, 2.75) is 31.7 Å². The van der Waals surface area contributed by atoms with Crippen LogP contribution in [-0.2, 0) is 4.74 Å². The Morgan fingerprint density at radius 2 is 2.08 bits per heavy atom. The zero-order chi connectivity index (χ0) is 17.6. The average molecular weight is 345 g/mol. The van der Waals surface area contributed by atoms with Gasteiger partial charge in [-0.05, 0) is 25.0 Å². The summed E-state index contributed by atoms with van der Waals surface area (Å²) in [6.45, 7) is 3.74. The van der Waals surface area contributed by atoms with Crippen LogP contribution in [0.2, 0.25) is 0 Å². The molecule has 0 bridgehead atoms. The first kappa shape index (κ1) is 18.4. The second kappa shape index (κ2) is 8.23. The lowest BCUT2D eigenvalue weighted by Gasteiger charge is -2.14. The number of nitrogens with one attached hydrogen (secondary N) is 2. The maximum absolute atomic E-state index is 12.5. The van der Waals surface area contributed by atoms with Gasteiger partial charge in [-0.1, -0.05) is 18.2 Å². The van der Waals surface area contributed by atoms with Gasteiger partial charge in [0.2, 0.25) is 0 Å². The van der Waals surface area contributed by atoms with Crippen LogP contribution in [0, 0.1) is 0 Å². The molecular weight excluding hydrogens is 323 g/mol. The van der Waals surface area contributed by atoms with Crippen LogP contribution in [0.1, 0.15) is 24.8 Å². The van der Waals surface area contributed by atoms with Crippen LogP contribution in [0.5, 0.6) is 5.75 Å². The third-order valence-corrected chi connectivity index (χ3v) is 3.62. The van der Waals surface area contributed by atoms with Crippen molar-refractivity contribution in [2.75, 3.05) is 26.8 Å². The zero-order valence-corrected chi connectivity index (χ0v) is 13.7. The summed E-state index contributed by atoms with van der Waals surface area (Å²) in [6.07, 6.45) is -3.96. The molecule has 0 radical (unpaired) electrons. The third-order valence-electron chi connectivity index (χ3n) is 3.62. The van der Waals surface area contributed by atoms with Crippen molar-refractivity contribution in [3.8, 4) is 5.75 Å². The molecule has 1 saturated carbocycles. The second-order valence-corrected chi connectivity index (χ2v) is 5.37. The molecule has 1 aliphatic carbocycles. The minimum Gasteiger partial charge on any atom is -0.405 e. The number of alkyl halides is 3. The lowest BCUT2D eigenvalue weighted by atomic mass is 10.1. The Bertz CT molecular complexity index is 564. The number of hydrogen-bond donors (Lipinski definition) is 2. The maximum atomic E-state index is 12.5. The highest BCUT2D eigenvalue weighted by Gasteiger charge is 2.42.